The first kappa shape index (κ1) is 29.2. The van der Waals surface area contributed by atoms with E-state index in [9.17, 15) is 0 Å². The zero-order valence-electron chi connectivity index (χ0n) is 26.7. The van der Waals surface area contributed by atoms with Crippen molar-refractivity contribution in [3.63, 3.8) is 0 Å². The van der Waals surface area contributed by atoms with Crippen LogP contribution in [0.3, 0.4) is 0 Å². The van der Waals surface area contributed by atoms with E-state index in [4.69, 9.17) is 19.9 Å². The number of hydrogen-bond donors (Lipinski definition) is 0. The van der Waals surface area contributed by atoms with E-state index < -0.39 is 0 Å². The minimum Gasteiger partial charge on any atom is -0.254 e. The summed E-state index contributed by atoms with van der Waals surface area (Å²) in [6.07, 6.45) is 7.15. The van der Waals surface area contributed by atoms with Gasteiger partial charge in [-0.05, 0) is 64.7 Å². The second-order valence-corrected chi connectivity index (χ2v) is 11.9. The Labute approximate surface area is 288 Å². The van der Waals surface area contributed by atoms with E-state index in [1.165, 1.54) is 0 Å². The van der Waals surface area contributed by atoms with Gasteiger partial charge in [-0.15, -0.1) is 0 Å². The number of benzene rings is 5. The van der Waals surface area contributed by atoms with Crippen LogP contribution in [0.15, 0.2) is 164 Å². The van der Waals surface area contributed by atoms with Crippen molar-refractivity contribution in [2.75, 3.05) is 0 Å². The summed E-state index contributed by atoms with van der Waals surface area (Å²) >= 11 is 0. The van der Waals surface area contributed by atoms with Crippen LogP contribution >= 0.6 is 0 Å². The summed E-state index contributed by atoms with van der Waals surface area (Å²) in [7, 11) is 0. The molecule has 0 atom stereocenters. The van der Waals surface area contributed by atoms with Gasteiger partial charge in [0.1, 0.15) is 0 Å². The molecule has 0 radical (unpaired) electrons. The monoisotopic (exact) mass is 641 g/mol. The Balaban J connectivity index is 1.28. The van der Waals surface area contributed by atoms with E-state index in [2.05, 4.69) is 75.6 Å². The molecule has 0 saturated carbocycles. The predicted octanol–water partition coefficient (Wildman–Crippen LogP) is 9.76. The minimum atomic E-state index is 0.583. The van der Waals surface area contributed by atoms with Gasteiger partial charge < -0.3 is 0 Å². The Morgan fingerprint density at radius 2 is 0.820 bits per heavy atom. The van der Waals surface area contributed by atoms with E-state index in [1.54, 1.807) is 12.4 Å². The summed E-state index contributed by atoms with van der Waals surface area (Å²) in [5.74, 6) is 2.49. The van der Waals surface area contributed by atoms with Gasteiger partial charge in [0.2, 0.25) is 0 Å². The van der Waals surface area contributed by atoms with E-state index in [0.717, 1.165) is 66.3 Å². The second-order valence-electron chi connectivity index (χ2n) is 11.9. The molecule has 4 heterocycles. The molecule has 0 aliphatic carbocycles. The van der Waals surface area contributed by atoms with E-state index in [1.807, 2.05) is 91.3 Å². The number of aromatic nitrogens is 7. The third-order valence-corrected chi connectivity index (χ3v) is 8.70. The second kappa shape index (κ2) is 12.6. The number of hydrogen-bond acceptors (Lipinski definition) is 7. The van der Waals surface area contributed by atoms with Gasteiger partial charge in [-0.1, -0.05) is 97.1 Å². The molecule has 234 valence electrons. The zero-order valence-corrected chi connectivity index (χ0v) is 26.7. The van der Waals surface area contributed by atoms with Crippen LogP contribution < -0.4 is 0 Å². The smallest absolute Gasteiger partial charge is 0.164 e. The van der Waals surface area contributed by atoms with Gasteiger partial charge in [-0.2, -0.15) is 0 Å². The standard InChI is InChI=1S/C43H27N7/c1-3-10-29(11-4-1)41-48-42(30-12-5-2-6-13-30)50-43(49-41)35-25-33(28-16-18-31(19-17-28)40-46-22-9-23-47-40)24-34(26-35)37-27-32-14-7-20-44-38(32)39-36(37)15-8-21-45-39/h1-27H. The van der Waals surface area contributed by atoms with Crippen LogP contribution in [-0.4, -0.2) is 34.9 Å². The highest BCUT2D eigenvalue weighted by Crippen LogP contribution is 2.38. The van der Waals surface area contributed by atoms with Crippen LogP contribution in [0.2, 0.25) is 0 Å². The lowest BCUT2D eigenvalue weighted by molar-refractivity contribution is 1.07. The van der Waals surface area contributed by atoms with Crippen LogP contribution in [0.1, 0.15) is 0 Å². The molecule has 7 heteroatoms. The molecule has 9 aromatic rings. The maximum absolute atomic E-state index is 5.07. The molecule has 0 fully saturated rings. The van der Waals surface area contributed by atoms with Gasteiger partial charge in [0.15, 0.2) is 23.3 Å². The largest absolute Gasteiger partial charge is 0.254 e. The maximum atomic E-state index is 5.07. The zero-order chi connectivity index (χ0) is 33.3. The topological polar surface area (TPSA) is 90.2 Å². The van der Waals surface area contributed by atoms with Crippen molar-refractivity contribution in [1.82, 2.24) is 34.9 Å². The van der Waals surface area contributed by atoms with E-state index in [-0.39, 0.29) is 0 Å². The summed E-state index contributed by atoms with van der Waals surface area (Å²) in [6, 6.07) is 47.1. The van der Waals surface area contributed by atoms with Crippen molar-refractivity contribution in [3.8, 4) is 67.8 Å². The third kappa shape index (κ3) is 5.52. The number of rotatable bonds is 6. The lowest BCUT2D eigenvalue weighted by atomic mass is 9.92. The molecule has 0 saturated heterocycles. The molecule has 0 bridgehead atoms. The predicted molar refractivity (Wildman–Crippen MR) is 199 cm³/mol. The van der Waals surface area contributed by atoms with Gasteiger partial charge >= 0.3 is 0 Å². The van der Waals surface area contributed by atoms with Crippen LogP contribution in [-0.2, 0) is 0 Å². The van der Waals surface area contributed by atoms with Crippen LogP contribution in [0, 0.1) is 0 Å². The highest BCUT2D eigenvalue weighted by atomic mass is 15.0. The lowest BCUT2D eigenvalue weighted by Crippen LogP contribution is -2.00. The molecule has 7 nitrogen and oxygen atoms in total. The molecule has 0 aliphatic heterocycles. The molecular weight excluding hydrogens is 615 g/mol. The van der Waals surface area contributed by atoms with Gasteiger partial charge in [-0.25, -0.2) is 24.9 Å². The van der Waals surface area contributed by atoms with Crippen molar-refractivity contribution in [2.24, 2.45) is 0 Å². The average molecular weight is 642 g/mol. The highest BCUT2D eigenvalue weighted by molar-refractivity contribution is 6.10. The van der Waals surface area contributed by atoms with Gasteiger partial charge in [0.05, 0.1) is 11.0 Å². The Kier molecular flexibility index (Phi) is 7.33. The third-order valence-electron chi connectivity index (χ3n) is 8.70. The molecule has 0 spiro atoms. The fraction of sp³-hybridized carbons (Fsp3) is 0. The molecule has 5 aromatic carbocycles. The summed E-state index contributed by atoms with van der Waals surface area (Å²) in [5, 5.41) is 2.04. The number of pyridine rings is 2. The van der Waals surface area contributed by atoms with Gasteiger partial charge in [0.25, 0.3) is 0 Å². The van der Waals surface area contributed by atoms with Crippen LogP contribution in [0.25, 0.3) is 89.6 Å². The van der Waals surface area contributed by atoms with Crippen LogP contribution in [0.4, 0.5) is 0 Å². The first-order valence-electron chi connectivity index (χ1n) is 16.3. The Bertz CT molecular complexity index is 2570. The molecule has 50 heavy (non-hydrogen) atoms. The molecular formula is C43H27N7. The summed E-state index contributed by atoms with van der Waals surface area (Å²) in [4.78, 5) is 33.4. The van der Waals surface area contributed by atoms with Crippen molar-refractivity contribution >= 4 is 21.8 Å². The first-order valence-corrected chi connectivity index (χ1v) is 16.3. The molecule has 0 amide bonds. The fourth-order valence-corrected chi connectivity index (χ4v) is 6.29. The van der Waals surface area contributed by atoms with Crippen molar-refractivity contribution < 1.29 is 0 Å². The Morgan fingerprint density at radius 3 is 1.50 bits per heavy atom. The van der Waals surface area contributed by atoms with Crippen molar-refractivity contribution in [2.45, 2.75) is 0 Å². The normalized spacial score (nSPS) is 11.2. The van der Waals surface area contributed by atoms with Gasteiger partial charge in [0, 0.05) is 57.8 Å². The SMILES string of the molecule is c1ccc(-c2nc(-c3ccccc3)nc(-c3cc(-c4ccc(-c5ncccn5)cc4)cc(-c4cc5cccnc5c5ncccc45)c3)n2)cc1. The summed E-state index contributed by atoms with van der Waals surface area (Å²) < 4.78 is 0. The number of nitrogens with zero attached hydrogens (tertiary/aromatic N) is 7. The Morgan fingerprint density at radius 1 is 0.300 bits per heavy atom. The average Bonchev–Trinajstić information content (AvgIpc) is 3.21. The van der Waals surface area contributed by atoms with E-state index >= 15 is 0 Å². The fourth-order valence-electron chi connectivity index (χ4n) is 6.29. The molecule has 0 aliphatic rings. The highest BCUT2D eigenvalue weighted by Gasteiger charge is 2.17. The van der Waals surface area contributed by atoms with Crippen molar-refractivity contribution in [3.05, 3.63) is 164 Å². The first-order chi connectivity index (χ1) is 24.8. The Hall–Kier alpha value is -6.99. The maximum Gasteiger partial charge on any atom is 0.164 e. The minimum absolute atomic E-state index is 0.583. The number of fused-ring (bicyclic) bond motifs is 3. The van der Waals surface area contributed by atoms with Gasteiger partial charge in [-0.3, -0.25) is 9.97 Å². The summed E-state index contributed by atoms with van der Waals surface area (Å²) in [5.41, 5.74) is 9.51. The van der Waals surface area contributed by atoms with Crippen LogP contribution in [0.5, 0.6) is 0 Å². The molecule has 0 unspecified atom stereocenters. The molecule has 4 aromatic heterocycles. The summed E-state index contributed by atoms with van der Waals surface area (Å²) in [6.45, 7) is 0. The van der Waals surface area contributed by atoms with Crippen molar-refractivity contribution in [1.29, 1.82) is 0 Å². The molecule has 0 N–H and O–H groups in total. The lowest BCUT2D eigenvalue weighted by Gasteiger charge is -2.14. The quantitative estimate of drug-likeness (QED) is 0.167. The van der Waals surface area contributed by atoms with E-state index in [0.29, 0.717) is 23.3 Å². The molecule has 9 rings (SSSR count).